The van der Waals surface area contributed by atoms with Gasteiger partial charge in [0.2, 0.25) is 0 Å². The molecule has 1 fully saturated rings. The summed E-state index contributed by atoms with van der Waals surface area (Å²) >= 11 is 0. The maximum atomic E-state index is 3.82. The van der Waals surface area contributed by atoms with Gasteiger partial charge < -0.3 is 10.2 Å². The van der Waals surface area contributed by atoms with Crippen molar-refractivity contribution in [3.8, 4) is 0 Å². The van der Waals surface area contributed by atoms with Gasteiger partial charge in [0.25, 0.3) is 0 Å². The molecule has 1 heterocycles. The van der Waals surface area contributed by atoms with E-state index in [1.54, 1.807) is 0 Å². The summed E-state index contributed by atoms with van der Waals surface area (Å²) in [6.07, 6.45) is 2.67. The molecule has 112 valence electrons. The molecule has 1 aromatic rings. The lowest BCUT2D eigenvalue weighted by atomic mass is 9.88. The molecule has 1 aliphatic rings. The normalized spacial score (nSPS) is 22.1. The van der Waals surface area contributed by atoms with E-state index >= 15 is 0 Å². The fourth-order valence-corrected chi connectivity index (χ4v) is 3.24. The van der Waals surface area contributed by atoms with Crippen molar-refractivity contribution in [2.45, 2.75) is 45.6 Å². The average molecular weight is 274 g/mol. The van der Waals surface area contributed by atoms with Gasteiger partial charge in [0.15, 0.2) is 0 Å². The monoisotopic (exact) mass is 274 g/mol. The second kappa shape index (κ2) is 7.80. The third-order valence-electron chi connectivity index (χ3n) is 4.61. The van der Waals surface area contributed by atoms with Gasteiger partial charge in [-0.05, 0) is 43.3 Å². The van der Waals surface area contributed by atoms with Crippen molar-refractivity contribution in [1.82, 2.24) is 10.2 Å². The first kappa shape index (κ1) is 15.5. The zero-order chi connectivity index (χ0) is 14.4. The fourth-order valence-electron chi connectivity index (χ4n) is 3.24. The first-order chi connectivity index (χ1) is 9.70. The molecule has 1 aromatic carbocycles. The fraction of sp³-hybridized carbons (Fsp3) is 0.667. The Morgan fingerprint density at radius 1 is 1.25 bits per heavy atom. The molecular formula is C18H30N2. The SMILES string of the molecule is CCN1CCCC(NCC(c2ccccc2)C(C)C)C1. The number of rotatable bonds is 6. The van der Waals surface area contributed by atoms with Gasteiger partial charge in [-0.1, -0.05) is 51.1 Å². The molecule has 1 aliphatic heterocycles. The zero-order valence-electron chi connectivity index (χ0n) is 13.3. The van der Waals surface area contributed by atoms with Gasteiger partial charge in [-0.2, -0.15) is 0 Å². The molecule has 2 nitrogen and oxygen atoms in total. The molecule has 0 saturated carbocycles. The quantitative estimate of drug-likeness (QED) is 0.854. The number of nitrogens with one attached hydrogen (secondary N) is 1. The smallest absolute Gasteiger partial charge is 0.0195 e. The van der Waals surface area contributed by atoms with Gasteiger partial charge in [-0.3, -0.25) is 0 Å². The van der Waals surface area contributed by atoms with Crippen molar-refractivity contribution < 1.29 is 0 Å². The Labute approximate surface area is 124 Å². The van der Waals surface area contributed by atoms with Crippen molar-refractivity contribution in [3.63, 3.8) is 0 Å². The van der Waals surface area contributed by atoms with Crippen molar-refractivity contribution in [3.05, 3.63) is 35.9 Å². The van der Waals surface area contributed by atoms with Gasteiger partial charge in [-0.15, -0.1) is 0 Å². The lowest BCUT2D eigenvalue weighted by Gasteiger charge is -2.34. The number of likely N-dealkylation sites (N-methyl/N-ethyl adjacent to an activating group) is 1. The van der Waals surface area contributed by atoms with E-state index in [0.717, 1.165) is 6.54 Å². The third-order valence-corrected chi connectivity index (χ3v) is 4.61. The van der Waals surface area contributed by atoms with Crippen LogP contribution in [0.15, 0.2) is 30.3 Å². The average Bonchev–Trinajstić information content (AvgIpc) is 2.48. The van der Waals surface area contributed by atoms with Crippen LogP contribution in [-0.2, 0) is 0 Å². The highest BCUT2D eigenvalue weighted by atomic mass is 15.2. The highest BCUT2D eigenvalue weighted by Crippen LogP contribution is 2.24. The van der Waals surface area contributed by atoms with E-state index in [1.165, 1.54) is 38.0 Å². The summed E-state index contributed by atoms with van der Waals surface area (Å²) in [5.74, 6) is 1.30. The number of likely N-dealkylation sites (tertiary alicyclic amines) is 1. The summed E-state index contributed by atoms with van der Waals surface area (Å²) in [4.78, 5) is 2.56. The van der Waals surface area contributed by atoms with Crippen LogP contribution in [0, 0.1) is 5.92 Å². The molecule has 0 bridgehead atoms. The highest BCUT2D eigenvalue weighted by molar-refractivity contribution is 5.20. The summed E-state index contributed by atoms with van der Waals surface area (Å²) in [5, 5.41) is 3.82. The number of benzene rings is 1. The molecule has 0 radical (unpaired) electrons. The van der Waals surface area contributed by atoms with Crippen LogP contribution < -0.4 is 5.32 Å². The molecule has 1 saturated heterocycles. The van der Waals surface area contributed by atoms with E-state index in [-0.39, 0.29) is 0 Å². The van der Waals surface area contributed by atoms with Crippen molar-refractivity contribution in [1.29, 1.82) is 0 Å². The predicted octanol–water partition coefficient (Wildman–Crippen LogP) is 3.50. The summed E-state index contributed by atoms with van der Waals surface area (Å²) < 4.78 is 0. The number of hydrogen-bond acceptors (Lipinski definition) is 2. The lowest BCUT2D eigenvalue weighted by molar-refractivity contribution is 0.196. The summed E-state index contributed by atoms with van der Waals surface area (Å²) in [6, 6.07) is 11.6. The minimum absolute atomic E-state index is 0.619. The van der Waals surface area contributed by atoms with Gasteiger partial charge in [-0.25, -0.2) is 0 Å². The van der Waals surface area contributed by atoms with E-state index < -0.39 is 0 Å². The molecule has 2 heteroatoms. The van der Waals surface area contributed by atoms with Crippen LogP contribution in [0.3, 0.4) is 0 Å². The second-order valence-electron chi connectivity index (χ2n) is 6.40. The van der Waals surface area contributed by atoms with Crippen molar-refractivity contribution >= 4 is 0 Å². The van der Waals surface area contributed by atoms with Gasteiger partial charge in [0, 0.05) is 19.1 Å². The van der Waals surface area contributed by atoms with E-state index in [4.69, 9.17) is 0 Å². The minimum atomic E-state index is 0.619. The molecule has 0 aromatic heterocycles. The molecule has 1 N–H and O–H groups in total. The van der Waals surface area contributed by atoms with E-state index in [0.29, 0.717) is 17.9 Å². The first-order valence-corrected chi connectivity index (χ1v) is 8.21. The maximum absolute atomic E-state index is 3.82. The first-order valence-electron chi connectivity index (χ1n) is 8.21. The summed E-state index contributed by atoms with van der Waals surface area (Å²) in [5.41, 5.74) is 1.47. The van der Waals surface area contributed by atoms with Gasteiger partial charge in [0.1, 0.15) is 0 Å². The predicted molar refractivity (Wildman–Crippen MR) is 87.2 cm³/mol. The maximum Gasteiger partial charge on any atom is 0.0195 e. The molecule has 0 aliphatic carbocycles. The topological polar surface area (TPSA) is 15.3 Å². The number of nitrogens with zero attached hydrogens (tertiary/aromatic N) is 1. The lowest BCUT2D eigenvalue weighted by Crippen LogP contribution is -2.46. The molecule has 2 atom stereocenters. The molecule has 2 rings (SSSR count). The Kier molecular flexibility index (Phi) is 6.06. The Balaban J connectivity index is 1.89. The van der Waals surface area contributed by atoms with Crippen LogP contribution >= 0.6 is 0 Å². The summed E-state index contributed by atoms with van der Waals surface area (Å²) in [7, 11) is 0. The van der Waals surface area contributed by atoms with Crippen LogP contribution in [0.1, 0.15) is 45.1 Å². The van der Waals surface area contributed by atoms with Crippen molar-refractivity contribution in [2.75, 3.05) is 26.2 Å². The molecular weight excluding hydrogens is 244 g/mol. The summed E-state index contributed by atoms with van der Waals surface area (Å²) in [6.45, 7) is 11.7. The molecule has 20 heavy (non-hydrogen) atoms. The molecule has 2 unspecified atom stereocenters. The highest BCUT2D eigenvalue weighted by Gasteiger charge is 2.21. The molecule has 0 amide bonds. The Hall–Kier alpha value is -0.860. The largest absolute Gasteiger partial charge is 0.312 e. The third kappa shape index (κ3) is 4.32. The van der Waals surface area contributed by atoms with Crippen LogP contribution in [-0.4, -0.2) is 37.1 Å². The molecule has 0 spiro atoms. The van der Waals surface area contributed by atoms with E-state index in [1.807, 2.05) is 0 Å². The minimum Gasteiger partial charge on any atom is -0.312 e. The van der Waals surface area contributed by atoms with Crippen LogP contribution in [0.2, 0.25) is 0 Å². The number of piperidine rings is 1. The van der Waals surface area contributed by atoms with Crippen LogP contribution in [0.4, 0.5) is 0 Å². The second-order valence-corrected chi connectivity index (χ2v) is 6.40. The Morgan fingerprint density at radius 3 is 2.65 bits per heavy atom. The van der Waals surface area contributed by atoms with Crippen LogP contribution in [0.5, 0.6) is 0 Å². The standard InChI is InChI=1S/C18H30N2/c1-4-20-12-8-11-17(14-20)19-13-18(15(2)3)16-9-6-5-7-10-16/h5-7,9-10,15,17-19H,4,8,11-14H2,1-3H3. The van der Waals surface area contributed by atoms with E-state index in [9.17, 15) is 0 Å². The number of hydrogen-bond donors (Lipinski definition) is 1. The van der Waals surface area contributed by atoms with Crippen LogP contribution in [0.25, 0.3) is 0 Å². The van der Waals surface area contributed by atoms with Gasteiger partial charge >= 0.3 is 0 Å². The Bertz CT molecular complexity index is 374. The zero-order valence-corrected chi connectivity index (χ0v) is 13.3. The van der Waals surface area contributed by atoms with E-state index in [2.05, 4.69) is 61.3 Å². The van der Waals surface area contributed by atoms with Crippen molar-refractivity contribution in [2.24, 2.45) is 5.92 Å². The Morgan fingerprint density at radius 2 is 2.00 bits per heavy atom. The van der Waals surface area contributed by atoms with Gasteiger partial charge in [0.05, 0.1) is 0 Å².